The summed E-state index contributed by atoms with van der Waals surface area (Å²) in [5, 5.41) is 6.03. The highest BCUT2D eigenvalue weighted by Gasteiger charge is 2.24. The smallest absolute Gasteiger partial charge is 0.378 e. The summed E-state index contributed by atoms with van der Waals surface area (Å²) in [6.07, 6.45) is 2.32. The van der Waals surface area contributed by atoms with Crippen LogP contribution in [0.5, 0.6) is 0 Å². The lowest BCUT2D eigenvalue weighted by atomic mass is 9.96. The van der Waals surface area contributed by atoms with Gasteiger partial charge >= 0.3 is 7.95 Å². The van der Waals surface area contributed by atoms with Gasteiger partial charge in [-0.15, -0.1) is 5.10 Å². The number of aromatic nitrogens is 3. The SMILES string of the molecule is CN(C)C(=O)c1cc(-c2cnc3c(c2)c(Cc2cccc(Cl)c2)nn3[P+](C)=O)ccc1CC(=O)N1CCOCC1. The first-order chi connectivity index (χ1) is 19.2. The van der Waals surface area contributed by atoms with Crippen molar-refractivity contribution in [2.45, 2.75) is 12.8 Å². The van der Waals surface area contributed by atoms with Crippen LogP contribution in [-0.2, 0) is 26.9 Å². The summed E-state index contributed by atoms with van der Waals surface area (Å²) in [5.74, 6) is -0.211. The Hall–Kier alpha value is -3.65. The fraction of sp³-hybridized carbons (Fsp3) is 0.310. The number of benzene rings is 2. The average Bonchev–Trinajstić information content (AvgIpc) is 3.31. The number of carbonyl (C=O) groups is 2. The van der Waals surface area contributed by atoms with E-state index in [1.165, 1.54) is 9.35 Å². The molecular weight excluding hydrogens is 549 g/mol. The standard InChI is InChI=1S/C29H30ClN5O4P/c1-33(2)29(37)24-15-20(7-8-21(24)17-27(36)34-9-11-39-12-10-34)22-16-25-26(14-19-5-4-6-23(30)13-19)32-35(40(3)38)28(25)31-18-22/h4-8,13,15-16,18H,9-12,14,17H2,1-3H3/q+1. The van der Waals surface area contributed by atoms with E-state index in [2.05, 4.69) is 10.1 Å². The second-order valence-corrected chi connectivity index (χ2v) is 11.7. The van der Waals surface area contributed by atoms with Crippen molar-refractivity contribution in [3.05, 3.63) is 82.1 Å². The number of ether oxygens (including phenoxy) is 1. The van der Waals surface area contributed by atoms with Crippen molar-refractivity contribution in [1.82, 2.24) is 24.3 Å². The van der Waals surface area contributed by atoms with Crippen molar-refractivity contribution >= 4 is 42.4 Å². The highest BCUT2D eigenvalue weighted by molar-refractivity contribution is 7.42. The van der Waals surface area contributed by atoms with Crippen LogP contribution in [0.1, 0.15) is 27.2 Å². The van der Waals surface area contributed by atoms with Crippen LogP contribution in [0.4, 0.5) is 0 Å². The lowest BCUT2D eigenvalue weighted by Gasteiger charge is -2.27. The van der Waals surface area contributed by atoms with Crippen molar-refractivity contribution in [3.8, 4) is 11.1 Å². The third-order valence-electron chi connectivity index (χ3n) is 6.90. The third-order valence-corrected chi connectivity index (χ3v) is 7.94. The predicted molar refractivity (Wildman–Crippen MR) is 155 cm³/mol. The number of pyridine rings is 1. The van der Waals surface area contributed by atoms with E-state index in [1.54, 1.807) is 31.9 Å². The van der Waals surface area contributed by atoms with Crippen molar-refractivity contribution in [2.75, 3.05) is 47.1 Å². The first-order valence-electron chi connectivity index (χ1n) is 12.9. The van der Waals surface area contributed by atoms with Gasteiger partial charge in [0, 0.05) is 61.3 Å². The van der Waals surface area contributed by atoms with E-state index in [9.17, 15) is 14.2 Å². The molecule has 0 N–H and O–H groups in total. The monoisotopic (exact) mass is 578 g/mol. The van der Waals surface area contributed by atoms with Gasteiger partial charge in [0.25, 0.3) is 5.91 Å². The van der Waals surface area contributed by atoms with Gasteiger partial charge in [-0.25, -0.2) is 4.98 Å². The summed E-state index contributed by atoms with van der Waals surface area (Å²) in [6.45, 7) is 3.73. The molecule has 1 aliphatic rings. The predicted octanol–water partition coefficient (Wildman–Crippen LogP) is 4.67. The molecule has 4 aromatic rings. The zero-order valence-electron chi connectivity index (χ0n) is 22.6. The number of amides is 2. The van der Waals surface area contributed by atoms with Gasteiger partial charge in [0.2, 0.25) is 11.6 Å². The Morgan fingerprint density at radius 1 is 1.07 bits per heavy atom. The molecule has 2 amide bonds. The zero-order chi connectivity index (χ0) is 28.4. The normalized spacial score (nSPS) is 13.9. The summed E-state index contributed by atoms with van der Waals surface area (Å²) in [6, 6.07) is 15.1. The van der Waals surface area contributed by atoms with Gasteiger partial charge in [0.15, 0.2) is 6.66 Å². The maximum Gasteiger partial charge on any atom is 0.482 e. The van der Waals surface area contributed by atoms with Gasteiger partial charge in [0.1, 0.15) is 0 Å². The quantitative estimate of drug-likeness (QED) is 0.296. The first kappa shape index (κ1) is 27.9. The Bertz CT molecular complexity index is 1610. The van der Waals surface area contributed by atoms with Gasteiger partial charge in [-0.3, -0.25) is 9.59 Å². The second kappa shape index (κ2) is 11.8. The molecule has 5 rings (SSSR count). The highest BCUT2D eigenvalue weighted by atomic mass is 35.5. The number of halogens is 1. The lowest BCUT2D eigenvalue weighted by Crippen LogP contribution is -2.41. The number of rotatable bonds is 7. The van der Waals surface area contributed by atoms with Crippen LogP contribution in [-0.4, -0.2) is 83.2 Å². The van der Waals surface area contributed by atoms with Gasteiger partial charge in [0.05, 0.1) is 25.3 Å². The van der Waals surface area contributed by atoms with Crippen LogP contribution < -0.4 is 0 Å². The molecule has 0 radical (unpaired) electrons. The molecule has 1 aliphatic heterocycles. The van der Waals surface area contributed by atoms with E-state index in [4.69, 9.17) is 16.3 Å². The summed E-state index contributed by atoms with van der Waals surface area (Å²) in [5.41, 5.74) is 4.94. The molecule has 11 heteroatoms. The average molecular weight is 579 g/mol. The van der Waals surface area contributed by atoms with E-state index in [0.29, 0.717) is 54.5 Å². The lowest BCUT2D eigenvalue weighted by molar-refractivity contribution is -0.134. The molecule has 2 aromatic carbocycles. The molecule has 3 heterocycles. The second-order valence-electron chi connectivity index (χ2n) is 9.94. The summed E-state index contributed by atoms with van der Waals surface area (Å²) < 4.78 is 19.3. The van der Waals surface area contributed by atoms with Crippen LogP contribution in [0.3, 0.4) is 0 Å². The van der Waals surface area contributed by atoms with E-state index in [0.717, 1.165) is 27.8 Å². The molecule has 9 nitrogen and oxygen atoms in total. The number of hydrogen-bond acceptors (Lipinski definition) is 6. The van der Waals surface area contributed by atoms with E-state index < -0.39 is 7.95 Å². The summed E-state index contributed by atoms with van der Waals surface area (Å²) in [7, 11) is 1.60. The summed E-state index contributed by atoms with van der Waals surface area (Å²) >= 11 is 6.20. The molecule has 40 heavy (non-hydrogen) atoms. The van der Waals surface area contributed by atoms with Crippen LogP contribution in [0.2, 0.25) is 5.02 Å². The van der Waals surface area contributed by atoms with E-state index >= 15 is 0 Å². The van der Waals surface area contributed by atoms with Crippen LogP contribution in [0.25, 0.3) is 22.2 Å². The number of nitrogens with zero attached hydrogens (tertiary/aromatic N) is 5. The van der Waals surface area contributed by atoms with Gasteiger partial charge in [-0.1, -0.05) is 35.9 Å². The van der Waals surface area contributed by atoms with E-state index in [1.807, 2.05) is 48.5 Å². The van der Waals surface area contributed by atoms with Crippen LogP contribution in [0, 0.1) is 0 Å². The molecule has 1 unspecified atom stereocenters. The number of hydrogen-bond donors (Lipinski definition) is 0. The molecular formula is C29H30ClN5O4P+. The Balaban J connectivity index is 1.54. The maximum atomic E-state index is 13.2. The maximum absolute atomic E-state index is 13.2. The molecule has 0 bridgehead atoms. The van der Waals surface area contributed by atoms with Gasteiger partial charge < -0.3 is 14.5 Å². The van der Waals surface area contributed by atoms with Crippen molar-refractivity contribution in [2.24, 2.45) is 0 Å². The van der Waals surface area contributed by atoms with Crippen LogP contribution in [0.15, 0.2) is 54.7 Å². The highest BCUT2D eigenvalue weighted by Crippen LogP contribution is 2.32. The Kier molecular flexibility index (Phi) is 8.26. The fourth-order valence-electron chi connectivity index (χ4n) is 4.81. The minimum Gasteiger partial charge on any atom is -0.378 e. The Morgan fingerprint density at radius 3 is 2.55 bits per heavy atom. The largest absolute Gasteiger partial charge is 0.482 e. The minimum atomic E-state index is -1.79. The Morgan fingerprint density at radius 2 is 1.85 bits per heavy atom. The molecule has 0 saturated carbocycles. The number of morpholine rings is 1. The molecule has 206 valence electrons. The van der Waals surface area contributed by atoms with Crippen molar-refractivity contribution < 1.29 is 18.9 Å². The number of carbonyl (C=O) groups excluding carboxylic acids is 2. The summed E-state index contributed by atoms with van der Waals surface area (Å²) in [4.78, 5) is 34.1. The molecule has 2 aromatic heterocycles. The Labute approximate surface area is 238 Å². The number of fused-ring (bicyclic) bond motifs is 1. The molecule has 1 fully saturated rings. The van der Waals surface area contributed by atoms with E-state index in [-0.39, 0.29) is 18.2 Å². The van der Waals surface area contributed by atoms with Gasteiger partial charge in [-0.2, -0.15) is 0 Å². The van der Waals surface area contributed by atoms with Gasteiger partial charge in [-0.05, 0) is 50.0 Å². The molecule has 0 aliphatic carbocycles. The molecule has 1 atom stereocenters. The van der Waals surface area contributed by atoms with Crippen molar-refractivity contribution in [1.29, 1.82) is 0 Å². The zero-order valence-corrected chi connectivity index (χ0v) is 24.3. The molecule has 1 saturated heterocycles. The molecule has 0 spiro atoms. The van der Waals surface area contributed by atoms with Crippen molar-refractivity contribution in [3.63, 3.8) is 0 Å². The topological polar surface area (TPSA) is 97.6 Å². The first-order valence-corrected chi connectivity index (χ1v) is 15.0. The fourth-order valence-corrected chi connectivity index (χ4v) is 5.68. The van der Waals surface area contributed by atoms with Crippen LogP contribution >= 0.6 is 19.6 Å². The minimum absolute atomic E-state index is 0.0290. The third kappa shape index (κ3) is 5.92.